The molecule has 0 spiro atoms. The highest BCUT2D eigenvalue weighted by molar-refractivity contribution is 5.70. The van der Waals surface area contributed by atoms with Crippen molar-refractivity contribution in [3.8, 4) is 0 Å². The summed E-state index contributed by atoms with van der Waals surface area (Å²) in [6.45, 7) is 4.67. The number of carbonyl (C=O) groups excluding carboxylic acids is 3. The average molecular weight is 1160 g/mol. The molecule has 0 aromatic heterocycles. The molecule has 0 N–H and O–H groups in total. The van der Waals surface area contributed by atoms with Gasteiger partial charge in [-0.3, -0.25) is 9.59 Å². The van der Waals surface area contributed by atoms with Gasteiger partial charge in [0, 0.05) is 12.8 Å². The lowest BCUT2D eigenvalue weighted by Gasteiger charge is -2.26. The van der Waals surface area contributed by atoms with E-state index in [1.54, 1.807) is 0 Å². The molecule has 0 rings (SSSR count). The van der Waals surface area contributed by atoms with Crippen LogP contribution in [0.5, 0.6) is 0 Å². The first-order valence-corrected chi connectivity index (χ1v) is 34.4. The summed E-state index contributed by atoms with van der Waals surface area (Å²) in [7, 11) is 5.93. The molecule has 0 aliphatic heterocycles. The molecule has 0 radical (unpaired) electrons. The largest absolute Gasteiger partial charge is 0.545 e. The van der Waals surface area contributed by atoms with Gasteiger partial charge in [0.15, 0.2) is 12.4 Å². The quantitative estimate of drug-likeness (QED) is 0.0195. The van der Waals surface area contributed by atoms with Gasteiger partial charge in [-0.15, -0.1) is 0 Å². The number of nitrogens with zero attached hydrogens (tertiary/aromatic N) is 1. The Morgan fingerprint density at radius 3 is 1.02 bits per heavy atom. The molecule has 0 heterocycles. The number of quaternary nitrogens is 1. The maximum absolute atomic E-state index is 12.9. The van der Waals surface area contributed by atoms with Crippen LogP contribution in [0.2, 0.25) is 0 Å². The lowest BCUT2D eigenvalue weighted by atomic mass is 10.0. The first-order valence-electron chi connectivity index (χ1n) is 34.4. The number of carboxylic acid groups (broad SMARTS) is 1. The van der Waals surface area contributed by atoms with Gasteiger partial charge in [-0.1, -0.05) is 304 Å². The number of allylic oxidation sites excluding steroid dienone is 16. The Balaban J connectivity index is 4.04. The van der Waals surface area contributed by atoms with Crippen molar-refractivity contribution in [3.05, 3.63) is 97.2 Å². The summed E-state index contributed by atoms with van der Waals surface area (Å²) in [5, 5.41) is 11.8. The number of hydrogen-bond acceptors (Lipinski definition) is 8. The van der Waals surface area contributed by atoms with E-state index >= 15 is 0 Å². The first-order chi connectivity index (χ1) is 40.6. The molecule has 9 nitrogen and oxygen atoms in total. The van der Waals surface area contributed by atoms with Crippen LogP contribution in [0.4, 0.5) is 0 Å². The SMILES string of the molecule is CC/C=C\C/C=C\C/C=C\C/C=C\C/C=C\C/C=C\C/C=C\C/C=C\CCCCCCCCCCCCCCCCCCC(=O)OC(COC(=O)CCCCCCCCCCCCCCCCCCC)COC(OCC[N+](C)(C)C)C(=O)[O-]. The highest BCUT2D eigenvalue weighted by Gasteiger charge is 2.22. The van der Waals surface area contributed by atoms with Crippen molar-refractivity contribution >= 4 is 17.9 Å². The van der Waals surface area contributed by atoms with E-state index in [0.717, 1.165) is 89.9 Å². The minimum Gasteiger partial charge on any atom is -0.545 e. The van der Waals surface area contributed by atoms with Crippen LogP contribution in [0.15, 0.2) is 97.2 Å². The van der Waals surface area contributed by atoms with Gasteiger partial charge in [0.1, 0.15) is 13.2 Å². The second kappa shape index (κ2) is 64.2. The molecule has 0 aromatic carbocycles. The predicted molar refractivity (Wildman–Crippen MR) is 352 cm³/mol. The summed E-state index contributed by atoms with van der Waals surface area (Å²) in [5.41, 5.74) is 0. The second-order valence-electron chi connectivity index (χ2n) is 24.1. The van der Waals surface area contributed by atoms with Crippen molar-refractivity contribution in [2.45, 2.75) is 309 Å². The van der Waals surface area contributed by atoms with E-state index in [2.05, 4.69) is 111 Å². The number of esters is 2. The molecule has 0 aromatic rings. The van der Waals surface area contributed by atoms with E-state index in [1.165, 1.54) is 173 Å². The Hall–Kier alpha value is -3.79. The van der Waals surface area contributed by atoms with Gasteiger partial charge >= 0.3 is 11.9 Å². The van der Waals surface area contributed by atoms with Crippen molar-refractivity contribution in [2.75, 3.05) is 47.5 Å². The van der Waals surface area contributed by atoms with Crippen molar-refractivity contribution < 1.29 is 42.9 Å². The molecule has 83 heavy (non-hydrogen) atoms. The number of carboxylic acids is 1. The fourth-order valence-corrected chi connectivity index (χ4v) is 9.61. The standard InChI is InChI=1S/C74H129NO8/c1-6-8-10-12-14-16-18-20-22-24-25-26-27-28-29-30-31-32-33-34-35-36-37-38-39-40-41-42-43-44-45-46-47-49-51-53-55-57-59-61-63-65-72(77)83-70(69-82-74(73(78)79)80-67-66-75(3,4)5)68-81-71(76)64-62-60-58-56-54-52-50-48-23-21-19-17-15-13-11-9-7-2/h8,10,14,16,20,22,25-26,28-29,31-32,34-35,37-38,70,74H,6-7,9,11-13,15,17-19,21,23-24,27,30,33,36,39-69H2,1-5H3/b10-8-,16-14-,22-20-,26-25-,29-28-,32-31-,35-34-,38-37-. The van der Waals surface area contributed by atoms with Gasteiger partial charge < -0.3 is 33.3 Å². The maximum atomic E-state index is 12.9. The van der Waals surface area contributed by atoms with Crippen LogP contribution in [-0.2, 0) is 33.3 Å². The Bertz CT molecular complexity index is 1680. The van der Waals surface area contributed by atoms with Gasteiger partial charge in [-0.05, 0) is 77.0 Å². The van der Waals surface area contributed by atoms with Crippen molar-refractivity contribution in [1.82, 2.24) is 0 Å². The van der Waals surface area contributed by atoms with E-state index in [9.17, 15) is 19.5 Å². The molecule has 0 amide bonds. The zero-order chi connectivity index (χ0) is 60.5. The second-order valence-corrected chi connectivity index (χ2v) is 24.1. The average Bonchev–Trinajstić information content (AvgIpc) is 3.46. The Morgan fingerprint density at radius 1 is 0.373 bits per heavy atom. The van der Waals surface area contributed by atoms with E-state index in [-0.39, 0.29) is 32.2 Å². The van der Waals surface area contributed by atoms with Crippen molar-refractivity contribution in [1.29, 1.82) is 0 Å². The molecular formula is C74H129NO8. The van der Waals surface area contributed by atoms with Gasteiger partial charge in [0.2, 0.25) is 0 Å². The fourth-order valence-electron chi connectivity index (χ4n) is 9.61. The fraction of sp³-hybridized carbons (Fsp3) is 0.743. The summed E-state index contributed by atoms with van der Waals surface area (Å²) < 4.78 is 22.8. The van der Waals surface area contributed by atoms with E-state index in [4.69, 9.17) is 18.9 Å². The molecule has 2 atom stereocenters. The summed E-state index contributed by atoms with van der Waals surface area (Å²) >= 11 is 0. The van der Waals surface area contributed by atoms with Crippen LogP contribution in [0, 0.1) is 0 Å². The zero-order valence-electron chi connectivity index (χ0n) is 54.5. The summed E-state index contributed by atoms with van der Waals surface area (Å²) in [6.07, 6.45) is 84.9. The topological polar surface area (TPSA) is 111 Å². The summed E-state index contributed by atoms with van der Waals surface area (Å²) in [6, 6.07) is 0. The lowest BCUT2D eigenvalue weighted by molar-refractivity contribution is -0.870. The molecule has 0 aliphatic carbocycles. The van der Waals surface area contributed by atoms with Crippen LogP contribution in [0.3, 0.4) is 0 Å². The molecular weight excluding hydrogens is 1030 g/mol. The number of ether oxygens (including phenoxy) is 4. The molecule has 2 unspecified atom stereocenters. The number of aliphatic carboxylic acids is 1. The Labute approximate surface area is 512 Å². The molecule has 0 saturated heterocycles. The third-order valence-electron chi connectivity index (χ3n) is 14.8. The number of rotatable bonds is 63. The molecule has 0 saturated carbocycles. The van der Waals surface area contributed by atoms with Crippen molar-refractivity contribution in [2.24, 2.45) is 0 Å². The molecule has 478 valence electrons. The lowest BCUT2D eigenvalue weighted by Crippen LogP contribution is -2.44. The normalized spacial score (nSPS) is 13.3. The Morgan fingerprint density at radius 2 is 0.687 bits per heavy atom. The smallest absolute Gasteiger partial charge is 0.306 e. The highest BCUT2D eigenvalue weighted by Crippen LogP contribution is 2.17. The molecule has 0 fully saturated rings. The maximum Gasteiger partial charge on any atom is 0.306 e. The molecule has 0 aliphatic rings. The van der Waals surface area contributed by atoms with Crippen LogP contribution in [-0.4, -0.2) is 82.3 Å². The van der Waals surface area contributed by atoms with Crippen LogP contribution < -0.4 is 5.11 Å². The number of hydrogen-bond donors (Lipinski definition) is 0. The zero-order valence-corrected chi connectivity index (χ0v) is 54.5. The minimum atomic E-state index is -1.62. The van der Waals surface area contributed by atoms with E-state index in [1.807, 2.05) is 21.1 Å². The highest BCUT2D eigenvalue weighted by atomic mass is 16.7. The predicted octanol–water partition coefficient (Wildman–Crippen LogP) is 19.9. The monoisotopic (exact) mass is 1160 g/mol. The number of unbranched alkanes of at least 4 members (excludes halogenated alkanes) is 32. The third-order valence-corrected chi connectivity index (χ3v) is 14.8. The van der Waals surface area contributed by atoms with Gasteiger partial charge in [-0.2, -0.15) is 0 Å². The number of likely N-dealkylation sites (N-methyl/N-ethyl adjacent to an activating group) is 1. The minimum absolute atomic E-state index is 0.147. The van der Waals surface area contributed by atoms with Crippen LogP contribution >= 0.6 is 0 Å². The first kappa shape index (κ1) is 79.2. The Kier molecular flexibility index (Phi) is 61.3. The van der Waals surface area contributed by atoms with E-state index in [0.29, 0.717) is 23.9 Å². The van der Waals surface area contributed by atoms with Crippen molar-refractivity contribution in [3.63, 3.8) is 0 Å². The molecule has 0 bridgehead atoms. The third kappa shape index (κ3) is 65.6. The number of carbonyl (C=O) groups is 3. The van der Waals surface area contributed by atoms with E-state index < -0.39 is 24.3 Å². The molecule has 9 heteroatoms. The summed E-state index contributed by atoms with van der Waals surface area (Å²) in [4.78, 5) is 37.4. The van der Waals surface area contributed by atoms with Gasteiger partial charge in [-0.25, -0.2) is 0 Å². The summed E-state index contributed by atoms with van der Waals surface area (Å²) in [5.74, 6) is -2.27. The van der Waals surface area contributed by atoms with Gasteiger partial charge in [0.25, 0.3) is 0 Å². The van der Waals surface area contributed by atoms with Gasteiger partial charge in [0.05, 0.1) is 40.3 Å². The van der Waals surface area contributed by atoms with Crippen LogP contribution in [0.25, 0.3) is 0 Å². The van der Waals surface area contributed by atoms with Crippen LogP contribution in [0.1, 0.15) is 296 Å².